The highest BCUT2D eigenvalue weighted by atomic mass is 16.3. The molecule has 0 unspecified atom stereocenters. The van der Waals surface area contributed by atoms with Gasteiger partial charge in [0.15, 0.2) is 0 Å². The van der Waals surface area contributed by atoms with E-state index in [2.05, 4.69) is 179 Å². The van der Waals surface area contributed by atoms with Crippen LogP contribution in [0.15, 0.2) is 174 Å². The fourth-order valence-electron chi connectivity index (χ4n) is 8.28. The third-order valence-corrected chi connectivity index (χ3v) is 10.3. The molecule has 0 bridgehead atoms. The minimum atomic E-state index is 0.921. The second-order valence-electron chi connectivity index (χ2n) is 12.9. The summed E-state index contributed by atoms with van der Waals surface area (Å²) in [4.78, 5) is 2.31. The first-order valence-electron chi connectivity index (χ1n) is 16.8. The molecule has 0 atom stereocenters. The normalized spacial score (nSPS) is 12.1. The molecule has 11 aromatic rings. The lowest BCUT2D eigenvalue weighted by Crippen LogP contribution is -2.09. The number of furan rings is 1. The molecule has 0 aliphatic heterocycles. The van der Waals surface area contributed by atoms with E-state index >= 15 is 0 Å². The minimum Gasteiger partial charge on any atom is -0.456 e. The van der Waals surface area contributed by atoms with Gasteiger partial charge in [0.2, 0.25) is 0 Å². The molecule has 3 nitrogen and oxygen atoms in total. The Morgan fingerprint density at radius 3 is 1.71 bits per heavy atom. The first-order valence-corrected chi connectivity index (χ1v) is 16.8. The van der Waals surface area contributed by atoms with E-state index in [4.69, 9.17) is 4.42 Å². The first-order chi connectivity index (χ1) is 24.3. The van der Waals surface area contributed by atoms with Gasteiger partial charge in [0.25, 0.3) is 0 Å². The number of hydrogen-bond donors (Lipinski definition) is 0. The minimum absolute atomic E-state index is 0.921. The van der Waals surface area contributed by atoms with E-state index in [1.165, 1.54) is 64.9 Å². The van der Waals surface area contributed by atoms with Gasteiger partial charge in [-0.3, -0.25) is 0 Å². The average molecular weight is 625 g/mol. The Balaban J connectivity index is 1.29. The Morgan fingerprint density at radius 1 is 0.388 bits per heavy atom. The molecule has 9 aromatic carbocycles. The molecule has 2 heterocycles. The highest BCUT2D eigenvalue weighted by Crippen LogP contribution is 2.49. The predicted molar refractivity (Wildman–Crippen MR) is 206 cm³/mol. The van der Waals surface area contributed by atoms with Crippen LogP contribution in [0.25, 0.3) is 81.7 Å². The summed E-state index contributed by atoms with van der Waals surface area (Å²) in [6, 6.07) is 61.1. The second kappa shape index (κ2) is 9.96. The number of para-hydroxylation sites is 2. The van der Waals surface area contributed by atoms with Crippen molar-refractivity contribution in [2.45, 2.75) is 0 Å². The van der Waals surface area contributed by atoms with Gasteiger partial charge in [-0.15, -0.1) is 0 Å². The van der Waals surface area contributed by atoms with Gasteiger partial charge in [-0.25, -0.2) is 0 Å². The summed E-state index contributed by atoms with van der Waals surface area (Å²) in [5.41, 5.74) is 8.70. The monoisotopic (exact) mass is 624 g/mol. The number of aromatic nitrogens is 1. The zero-order valence-electron chi connectivity index (χ0n) is 26.5. The molecule has 0 fully saturated rings. The van der Waals surface area contributed by atoms with Gasteiger partial charge >= 0.3 is 0 Å². The molecule has 0 saturated carbocycles. The molecule has 0 amide bonds. The van der Waals surface area contributed by atoms with Crippen molar-refractivity contribution in [3.05, 3.63) is 170 Å². The van der Waals surface area contributed by atoms with E-state index in [1.54, 1.807) is 0 Å². The maximum Gasteiger partial charge on any atom is 0.136 e. The number of rotatable bonds is 4. The Labute approximate surface area is 281 Å². The van der Waals surface area contributed by atoms with Crippen molar-refractivity contribution < 1.29 is 4.42 Å². The molecule has 0 N–H and O–H groups in total. The van der Waals surface area contributed by atoms with Crippen molar-refractivity contribution in [3.63, 3.8) is 0 Å². The highest BCUT2D eigenvalue weighted by Gasteiger charge is 2.24. The SMILES string of the molecule is c1ccc(N(c2ccccc2)c2ccc(-n3c4ccc5oc6cccc7c8ccccc8c8cc9ccccc9c3c8c4c5c67)cc2)cc1. The van der Waals surface area contributed by atoms with E-state index in [0.29, 0.717) is 0 Å². The van der Waals surface area contributed by atoms with Crippen molar-refractivity contribution in [2.24, 2.45) is 0 Å². The van der Waals surface area contributed by atoms with Gasteiger partial charge in [0.05, 0.1) is 11.0 Å². The highest BCUT2D eigenvalue weighted by molar-refractivity contribution is 6.40. The van der Waals surface area contributed by atoms with E-state index < -0.39 is 0 Å². The number of hydrogen-bond acceptors (Lipinski definition) is 2. The van der Waals surface area contributed by atoms with Gasteiger partial charge in [-0.2, -0.15) is 0 Å². The largest absolute Gasteiger partial charge is 0.456 e. The van der Waals surface area contributed by atoms with Gasteiger partial charge in [-0.1, -0.05) is 97.1 Å². The fourth-order valence-corrected chi connectivity index (χ4v) is 8.28. The molecule has 11 rings (SSSR count). The third kappa shape index (κ3) is 3.67. The van der Waals surface area contributed by atoms with E-state index in [-0.39, 0.29) is 0 Å². The molecule has 0 saturated heterocycles. The summed E-state index contributed by atoms with van der Waals surface area (Å²) in [6.07, 6.45) is 0. The number of benzene rings is 8. The maximum atomic E-state index is 6.60. The first kappa shape index (κ1) is 26.5. The standard InChI is InChI=1S/C46H28N2O/c1-3-13-30(14-4-1)47(31-15-5-2-6-16-31)32-22-24-33(25-23-32)48-39-26-27-41-45-42-37(20-11-21-40(42)49-41)35-18-9-10-19-36(35)38-28-29-12-7-8-17-34(29)46(48)43(38)44(39)45/h1-28H. The lowest BCUT2D eigenvalue weighted by molar-refractivity contribution is 0.669. The van der Waals surface area contributed by atoms with Crippen LogP contribution in [-0.2, 0) is 0 Å². The van der Waals surface area contributed by atoms with Crippen LogP contribution >= 0.6 is 0 Å². The van der Waals surface area contributed by atoms with Gasteiger partial charge in [0, 0.05) is 49.7 Å². The molecule has 0 aliphatic carbocycles. The molecular formula is C46H28N2O. The van der Waals surface area contributed by atoms with Crippen LogP contribution < -0.4 is 4.90 Å². The summed E-state index contributed by atoms with van der Waals surface area (Å²) < 4.78 is 9.08. The molecule has 0 radical (unpaired) electrons. The lowest BCUT2D eigenvalue weighted by Gasteiger charge is -2.25. The Bertz CT molecular complexity index is 2990. The molecule has 3 heteroatoms. The quantitative estimate of drug-likeness (QED) is 0.194. The van der Waals surface area contributed by atoms with Crippen molar-refractivity contribution in [3.8, 4) is 5.69 Å². The Kier molecular flexibility index (Phi) is 5.38. The summed E-state index contributed by atoms with van der Waals surface area (Å²) in [6.45, 7) is 0. The summed E-state index contributed by atoms with van der Waals surface area (Å²) in [5.74, 6) is 0. The summed E-state index contributed by atoms with van der Waals surface area (Å²) in [7, 11) is 0. The van der Waals surface area contributed by atoms with Crippen LogP contribution in [-0.4, -0.2) is 4.57 Å². The zero-order chi connectivity index (χ0) is 32.1. The van der Waals surface area contributed by atoms with E-state index in [9.17, 15) is 0 Å². The van der Waals surface area contributed by atoms with Crippen LogP contribution in [0.4, 0.5) is 17.1 Å². The summed E-state index contributed by atoms with van der Waals surface area (Å²) >= 11 is 0. The fraction of sp³-hybridized carbons (Fsp3) is 0. The third-order valence-electron chi connectivity index (χ3n) is 10.3. The molecule has 0 aliphatic rings. The molecule has 228 valence electrons. The summed E-state index contributed by atoms with van der Waals surface area (Å²) in [5, 5.41) is 12.3. The smallest absolute Gasteiger partial charge is 0.136 e. The number of nitrogens with zero attached hydrogens (tertiary/aromatic N) is 2. The van der Waals surface area contributed by atoms with Crippen molar-refractivity contribution >= 4 is 93.1 Å². The van der Waals surface area contributed by atoms with Crippen LogP contribution in [0, 0.1) is 0 Å². The van der Waals surface area contributed by atoms with Gasteiger partial charge in [-0.05, 0) is 99.7 Å². The van der Waals surface area contributed by atoms with Crippen molar-refractivity contribution in [2.75, 3.05) is 4.90 Å². The van der Waals surface area contributed by atoms with Crippen molar-refractivity contribution in [1.82, 2.24) is 4.57 Å². The zero-order valence-corrected chi connectivity index (χ0v) is 26.5. The Hall–Kier alpha value is -6.58. The Morgan fingerprint density at radius 2 is 0.980 bits per heavy atom. The molecule has 0 spiro atoms. The van der Waals surface area contributed by atoms with Crippen LogP contribution in [0.1, 0.15) is 0 Å². The molecule has 49 heavy (non-hydrogen) atoms. The average Bonchev–Trinajstić information content (AvgIpc) is 3.72. The predicted octanol–water partition coefficient (Wildman–Crippen LogP) is 13.1. The molecular weight excluding hydrogens is 597 g/mol. The van der Waals surface area contributed by atoms with Gasteiger partial charge < -0.3 is 13.9 Å². The van der Waals surface area contributed by atoms with Crippen LogP contribution in [0.5, 0.6) is 0 Å². The molecule has 2 aromatic heterocycles. The topological polar surface area (TPSA) is 21.3 Å². The number of fused-ring (bicyclic) bond motifs is 5. The lowest BCUT2D eigenvalue weighted by atomic mass is 9.93. The van der Waals surface area contributed by atoms with Crippen molar-refractivity contribution in [1.29, 1.82) is 0 Å². The van der Waals surface area contributed by atoms with E-state index in [1.807, 2.05) is 0 Å². The van der Waals surface area contributed by atoms with E-state index in [0.717, 1.165) is 33.9 Å². The maximum absolute atomic E-state index is 6.60. The second-order valence-corrected chi connectivity index (χ2v) is 12.9. The van der Waals surface area contributed by atoms with Crippen LogP contribution in [0.2, 0.25) is 0 Å². The van der Waals surface area contributed by atoms with Crippen LogP contribution in [0.3, 0.4) is 0 Å². The van der Waals surface area contributed by atoms with Gasteiger partial charge in [0.1, 0.15) is 11.2 Å². The number of anilines is 3.